The summed E-state index contributed by atoms with van der Waals surface area (Å²) in [6.07, 6.45) is 2.11. The third-order valence-corrected chi connectivity index (χ3v) is 3.85. The normalized spacial score (nSPS) is 20.8. The lowest BCUT2D eigenvalue weighted by molar-refractivity contribution is 0.0892. The highest BCUT2D eigenvalue weighted by Gasteiger charge is 2.27. The molecule has 4 nitrogen and oxygen atoms in total. The summed E-state index contributed by atoms with van der Waals surface area (Å²) in [5, 5.41) is 0. The first-order chi connectivity index (χ1) is 8.67. The number of rotatable bonds is 4. The average Bonchev–Trinajstić information content (AvgIpc) is 2.91. The van der Waals surface area contributed by atoms with Crippen molar-refractivity contribution in [2.75, 3.05) is 20.8 Å². The summed E-state index contributed by atoms with van der Waals surface area (Å²) < 4.78 is 17.2. The molecule has 100 valence electrons. The predicted octanol–water partition coefficient (Wildman–Crippen LogP) is 2.65. The van der Waals surface area contributed by atoms with E-state index < -0.39 is 0 Å². The molecule has 1 aliphatic rings. The van der Waals surface area contributed by atoms with Crippen LogP contribution in [-0.2, 0) is 4.74 Å². The predicted molar refractivity (Wildman–Crippen MR) is 73.1 cm³/mol. The summed E-state index contributed by atoms with van der Waals surface area (Å²) in [6.45, 7) is 0.786. The third-order valence-electron chi connectivity index (χ3n) is 3.23. The van der Waals surface area contributed by atoms with Crippen molar-refractivity contribution in [2.24, 2.45) is 5.73 Å². The molecule has 0 amide bonds. The Morgan fingerprint density at radius 2 is 2.06 bits per heavy atom. The zero-order valence-corrected chi connectivity index (χ0v) is 12.2. The molecule has 0 aromatic heterocycles. The molecule has 0 saturated carbocycles. The van der Waals surface area contributed by atoms with Crippen LogP contribution in [-0.4, -0.2) is 26.9 Å². The summed E-state index contributed by atoms with van der Waals surface area (Å²) in [4.78, 5) is 0. The Labute approximate surface area is 116 Å². The number of methoxy groups -OCH3 is 2. The second-order valence-corrected chi connectivity index (χ2v) is 5.16. The third kappa shape index (κ3) is 2.63. The van der Waals surface area contributed by atoms with Gasteiger partial charge in [-0.25, -0.2) is 0 Å². The van der Waals surface area contributed by atoms with Gasteiger partial charge in [-0.3, -0.25) is 0 Å². The Morgan fingerprint density at radius 3 is 2.61 bits per heavy atom. The van der Waals surface area contributed by atoms with Gasteiger partial charge >= 0.3 is 0 Å². The van der Waals surface area contributed by atoms with Crippen molar-refractivity contribution in [3.8, 4) is 11.5 Å². The minimum atomic E-state index is -0.190. The van der Waals surface area contributed by atoms with E-state index in [0.29, 0.717) is 0 Å². The summed E-state index contributed by atoms with van der Waals surface area (Å²) in [7, 11) is 3.27. The summed E-state index contributed by atoms with van der Waals surface area (Å²) in [5.74, 6) is 1.50. The van der Waals surface area contributed by atoms with Crippen molar-refractivity contribution >= 4 is 15.9 Å². The highest BCUT2D eigenvalue weighted by atomic mass is 79.9. The van der Waals surface area contributed by atoms with Gasteiger partial charge in [0.05, 0.1) is 30.8 Å². The van der Waals surface area contributed by atoms with Crippen LogP contribution in [0.2, 0.25) is 0 Å². The maximum Gasteiger partial charge on any atom is 0.133 e. The molecule has 5 heteroatoms. The maximum absolute atomic E-state index is 6.27. The lowest BCUT2D eigenvalue weighted by Crippen LogP contribution is -2.26. The minimum absolute atomic E-state index is 0.0600. The van der Waals surface area contributed by atoms with Crippen molar-refractivity contribution in [1.82, 2.24) is 0 Å². The zero-order valence-electron chi connectivity index (χ0n) is 10.6. The molecular weight excluding hydrogens is 298 g/mol. The molecule has 0 aliphatic carbocycles. The number of hydrogen-bond acceptors (Lipinski definition) is 4. The van der Waals surface area contributed by atoms with Gasteiger partial charge in [0.2, 0.25) is 0 Å². The van der Waals surface area contributed by atoms with Crippen LogP contribution in [0.4, 0.5) is 0 Å². The van der Waals surface area contributed by atoms with Gasteiger partial charge in [0.15, 0.2) is 0 Å². The van der Waals surface area contributed by atoms with E-state index in [-0.39, 0.29) is 12.1 Å². The maximum atomic E-state index is 6.27. The minimum Gasteiger partial charge on any atom is -0.496 e. The Morgan fingerprint density at radius 1 is 1.33 bits per heavy atom. The lowest BCUT2D eigenvalue weighted by Gasteiger charge is -2.22. The summed E-state index contributed by atoms with van der Waals surface area (Å²) >= 11 is 3.44. The van der Waals surface area contributed by atoms with Gasteiger partial charge in [0.1, 0.15) is 11.5 Å². The number of ether oxygens (including phenoxy) is 3. The molecule has 2 N–H and O–H groups in total. The first kappa shape index (κ1) is 13.6. The molecule has 1 aromatic rings. The molecule has 1 fully saturated rings. The molecule has 1 saturated heterocycles. The second kappa shape index (κ2) is 5.91. The van der Waals surface area contributed by atoms with Crippen molar-refractivity contribution in [2.45, 2.75) is 25.0 Å². The van der Waals surface area contributed by atoms with Crippen molar-refractivity contribution < 1.29 is 14.2 Å². The van der Waals surface area contributed by atoms with Gasteiger partial charge in [-0.05, 0) is 40.9 Å². The molecule has 2 unspecified atom stereocenters. The number of benzene rings is 1. The number of nitrogens with two attached hydrogens (primary N) is 1. The fourth-order valence-corrected chi connectivity index (χ4v) is 2.71. The molecule has 0 spiro atoms. The van der Waals surface area contributed by atoms with Crippen LogP contribution in [0.25, 0.3) is 0 Å². The highest BCUT2D eigenvalue weighted by molar-refractivity contribution is 9.10. The van der Waals surface area contributed by atoms with Gasteiger partial charge in [-0.1, -0.05) is 0 Å². The van der Waals surface area contributed by atoms with Gasteiger partial charge in [0.25, 0.3) is 0 Å². The first-order valence-electron chi connectivity index (χ1n) is 5.96. The van der Waals surface area contributed by atoms with E-state index in [2.05, 4.69) is 15.9 Å². The van der Waals surface area contributed by atoms with E-state index in [4.69, 9.17) is 19.9 Å². The van der Waals surface area contributed by atoms with Crippen LogP contribution in [0, 0.1) is 0 Å². The molecule has 1 heterocycles. The van der Waals surface area contributed by atoms with E-state index in [1.54, 1.807) is 14.2 Å². The fourth-order valence-electron chi connectivity index (χ4n) is 2.23. The van der Waals surface area contributed by atoms with Crippen LogP contribution >= 0.6 is 15.9 Å². The smallest absolute Gasteiger partial charge is 0.133 e. The van der Waals surface area contributed by atoms with Gasteiger partial charge in [-0.15, -0.1) is 0 Å². The Kier molecular flexibility index (Phi) is 4.48. The quantitative estimate of drug-likeness (QED) is 0.928. The molecule has 0 bridgehead atoms. The van der Waals surface area contributed by atoms with Crippen molar-refractivity contribution in [3.05, 3.63) is 22.2 Å². The molecule has 1 aromatic carbocycles. The first-order valence-corrected chi connectivity index (χ1v) is 6.75. The van der Waals surface area contributed by atoms with Crippen LogP contribution in [0.15, 0.2) is 16.6 Å². The van der Waals surface area contributed by atoms with Gasteiger partial charge in [0, 0.05) is 12.2 Å². The van der Waals surface area contributed by atoms with Crippen LogP contribution in [0.1, 0.15) is 24.4 Å². The number of halogens is 1. The Bertz CT molecular complexity index is 419. The van der Waals surface area contributed by atoms with E-state index in [0.717, 1.165) is 41.0 Å². The van der Waals surface area contributed by atoms with Crippen LogP contribution < -0.4 is 15.2 Å². The van der Waals surface area contributed by atoms with E-state index in [9.17, 15) is 0 Å². The van der Waals surface area contributed by atoms with Crippen LogP contribution in [0.5, 0.6) is 11.5 Å². The van der Waals surface area contributed by atoms with Crippen molar-refractivity contribution in [3.63, 3.8) is 0 Å². The molecule has 1 aliphatic heterocycles. The van der Waals surface area contributed by atoms with Gasteiger partial charge in [-0.2, -0.15) is 0 Å². The van der Waals surface area contributed by atoms with E-state index in [1.807, 2.05) is 12.1 Å². The largest absolute Gasteiger partial charge is 0.496 e. The second-order valence-electron chi connectivity index (χ2n) is 4.31. The van der Waals surface area contributed by atoms with E-state index in [1.165, 1.54) is 0 Å². The Balaban J connectivity index is 2.34. The summed E-state index contributed by atoms with van der Waals surface area (Å²) in [6, 6.07) is 3.60. The molecule has 2 atom stereocenters. The summed E-state index contributed by atoms with van der Waals surface area (Å²) in [5.41, 5.74) is 7.20. The Hall–Kier alpha value is -0.780. The van der Waals surface area contributed by atoms with E-state index >= 15 is 0 Å². The standard InChI is InChI=1S/C13H18BrNO3/c1-16-11-7-9(14)12(17-2)6-8(11)13(15)10-4-3-5-18-10/h6-7,10,13H,3-5,15H2,1-2H3. The highest BCUT2D eigenvalue weighted by Crippen LogP contribution is 2.37. The lowest BCUT2D eigenvalue weighted by atomic mass is 9.99. The monoisotopic (exact) mass is 315 g/mol. The van der Waals surface area contributed by atoms with Crippen LogP contribution in [0.3, 0.4) is 0 Å². The molecule has 18 heavy (non-hydrogen) atoms. The SMILES string of the molecule is COc1cc(C(N)C2CCCO2)c(OC)cc1Br. The average molecular weight is 316 g/mol. The van der Waals surface area contributed by atoms with Gasteiger partial charge < -0.3 is 19.9 Å². The molecule has 2 rings (SSSR count). The molecule has 0 radical (unpaired) electrons. The fraction of sp³-hybridized carbons (Fsp3) is 0.538. The topological polar surface area (TPSA) is 53.7 Å². The molecular formula is C13H18BrNO3. The number of hydrogen-bond donors (Lipinski definition) is 1. The van der Waals surface area contributed by atoms with Crippen molar-refractivity contribution in [1.29, 1.82) is 0 Å². The zero-order chi connectivity index (χ0) is 13.1.